The molecule has 1 aromatic rings. The van der Waals surface area contributed by atoms with Crippen molar-refractivity contribution >= 4 is 0 Å². The van der Waals surface area contributed by atoms with Crippen LogP contribution in [0.2, 0.25) is 0 Å². The smallest absolute Gasteiger partial charge is 0.0537 e. The lowest BCUT2D eigenvalue weighted by Crippen LogP contribution is -2.25. The normalized spacial score (nSPS) is 13.2. The van der Waals surface area contributed by atoms with E-state index < -0.39 is 0 Å². The molecule has 3 heteroatoms. The van der Waals surface area contributed by atoms with Crippen molar-refractivity contribution in [3.05, 3.63) is 18.0 Å². The minimum atomic E-state index is 0.454. The van der Waals surface area contributed by atoms with E-state index >= 15 is 0 Å². The SMILES string of the molecule is CCCC(CCC)C(NC)c1cnn(CCC)c1. The molecule has 0 fully saturated rings. The van der Waals surface area contributed by atoms with Crippen LogP contribution in [0.5, 0.6) is 0 Å². The van der Waals surface area contributed by atoms with Crippen LogP contribution in [0.1, 0.15) is 64.5 Å². The molecule has 0 radical (unpaired) electrons. The molecule has 0 aliphatic heterocycles. The molecule has 1 rings (SSSR count). The molecule has 0 bridgehead atoms. The average molecular weight is 251 g/mol. The summed E-state index contributed by atoms with van der Waals surface area (Å²) in [6.45, 7) is 7.75. The van der Waals surface area contributed by atoms with Gasteiger partial charge in [-0.3, -0.25) is 4.68 Å². The lowest BCUT2D eigenvalue weighted by Gasteiger charge is -2.25. The summed E-state index contributed by atoms with van der Waals surface area (Å²) >= 11 is 0. The molecule has 0 spiro atoms. The fourth-order valence-electron chi connectivity index (χ4n) is 2.79. The largest absolute Gasteiger partial charge is 0.313 e. The van der Waals surface area contributed by atoms with Crippen LogP contribution < -0.4 is 5.32 Å². The van der Waals surface area contributed by atoms with Gasteiger partial charge in [0.2, 0.25) is 0 Å². The highest BCUT2D eigenvalue weighted by Gasteiger charge is 2.21. The Kier molecular flexibility index (Phi) is 7.02. The molecular weight excluding hydrogens is 222 g/mol. The maximum Gasteiger partial charge on any atom is 0.0537 e. The van der Waals surface area contributed by atoms with Crippen molar-refractivity contribution in [2.24, 2.45) is 5.92 Å². The van der Waals surface area contributed by atoms with Gasteiger partial charge in [0.1, 0.15) is 0 Å². The topological polar surface area (TPSA) is 29.9 Å². The molecule has 18 heavy (non-hydrogen) atoms. The van der Waals surface area contributed by atoms with E-state index in [0.29, 0.717) is 6.04 Å². The van der Waals surface area contributed by atoms with Gasteiger partial charge in [0, 0.05) is 24.3 Å². The maximum absolute atomic E-state index is 4.45. The van der Waals surface area contributed by atoms with Crippen LogP contribution in [-0.4, -0.2) is 16.8 Å². The molecule has 0 amide bonds. The first-order valence-electron chi connectivity index (χ1n) is 7.46. The molecule has 1 unspecified atom stereocenters. The van der Waals surface area contributed by atoms with Crippen molar-refractivity contribution in [3.63, 3.8) is 0 Å². The summed E-state index contributed by atoms with van der Waals surface area (Å²) in [7, 11) is 2.07. The van der Waals surface area contributed by atoms with Crippen molar-refractivity contribution in [2.75, 3.05) is 7.05 Å². The molecule has 1 aromatic heterocycles. The van der Waals surface area contributed by atoms with Crippen LogP contribution in [0.4, 0.5) is 0 Å². The molecule has 0 saturated heterocycles. The highest BCUT2D eigenvalue weighted by atomic mass is 15.3. The van der Waals surface area contributed by atoms with Crippen molar-refractivity contribution < 1.29 is 0 Å². The first kappa shape index (κ1) is 15.2. The monoisotopic (exact) mass is 251 g/mol. The Morgan fingerprint density at radius 1 is 1.17 bits per heavy atom. The minimum absolute atomic E-state index is 0.454. The van der Waals surface area contributed by atoms with Crippen molar-refractivity contribution in [2.45, 2.75) is 65.5 Å². The fraction of sp³-hybridized carbons (Fsp3) is 0.800. The first-order chi connectivity index (χ1) is 8.76. The number of aryl methyl sites for hydroxylation is 1. The molecule has 0 saturated carbocycles. The summed E-state index contributed by atoms with van der Waals surface area (Å²) in [5, 5.41) is 7.94. The Morgan fingerprint density at radius 2 is 1.83 bits per heavy atom. The van der Waals surface area contributed by atoms with Gasteiger partial charge < -0.3 is 5.32 Å². The van der Waals surface area contributed by atoms with Crippen molar-refractivity contribution in [3.8, 4) is 0 Å². The summed E-state index contributed by atoms with van der Waals surface area (Å²) in [5.41, 5.74) is 1.35. The standard InChI is InChI=1S/C15H29N3/c1-5-8-13(9-6-2)15(16-4)14-11-17-18(12-14)10-7-3/h11-13,15-16H,5-10H2,1-4H3. The van der Waals surface area contributed by atoms with Crippen LogP contribution in [0.3, 0.4) is 0 Å². The van der Waals surface area contributed by atoms with Gasteiger partial charge in [-0.2, -0.15) is 5.10 Å². The summed E-state index contributed by atoms with van der Waals surface area (Å²) < 4.78 is 2.06. The zero-order chi connectivity index (χ0) is 13.4. The van der Waals surface area contributed by atoms with Crippen LogP contribution in [0.15, 0.2) is 12.4 Å². The lowest BCUT2D eigenvalue weighted by molar-refractivity contribution is 0.330. The summed E-state index contributed by atoms with van der Waals surface area (Å²) in [4.78, 5) is 0. The van der Waals surface area contributed by atoms with Crippen LogP contribution in [0.25, 0.3) is 0 Å². The number of aromatic nitrogens is 2. The quantitative estimate of drug-likeness (QED) is 0.724. The van der Waals surface area contributed by atoms with Gasteiger partial charge in [0.05, 0.1) is 6.20 Å². The van der Waals surface area contributed by atoms with E-state index in [9.17, 15) is 0 Å². The van der Waals surface area contributed by atoms with Gasteiger partial charge in [-0.05, 0) is 32.2 Å². The Hall–Kier alpha value is -0.830. The van der Waals surface area contributed by atoms with Gasteiger partial charge >= 0.3 is 0 Å². The molecular formula is C15H29N3. The maximum atomic E-state index is 4.45. The van der Waals surface area contributed by atoms with Gasteiger partial charge in [-0.1, -0.05) is 33.6 Å². The Morgan fingerprint density at radius 3 is 2.33 bits per heavy atom. The minimum Gasteiger partial charge on any atom is -0.313 e. The molecule has 0 aromatic carbocycles. The molecule has 104 valence electrons. The molecule has 1 heterocycles. The highest BCUT2D eigenvalue weighted by Crippen LogP contribution is 2.29. The molecule has 3 nitrogen and oxygen atoms in total. The third-order valence-electron chi connectivity index (χ3n) is 3.57. The average Bonchev–Trinajstić information content (AvgIpc) is 2.80. The predicted molar refractivity (Wildman–Crippen MR) is 77.6 cm³/mol. The van der Waals surface area contributed by atoms with Crippen LogP contribution in [0, 0.1) is 5.92 Å². The van der Waals surface area contributed by atoms with Gasteiger partial charge in [-0.15, -0.1) is 0 Å². The zero-order valence-corrected chi connectivity index (χ0v) is 12.4. The van der Waals surface area contributed by atoms with E-state index in [2.05, 4.69) is 49.1 Å². The second-order valence-electron chi connectivity index (χ2n) is 5.14. The number of hydrogen-bond donors (Lipinski definition) is 1. The number of nitrogens with one attached hydrogen (secondary N) is 1. The second-order valence-corrected chi connectivity index (χ2v) is 5.14. The Balaban J connectivity index is 2.77. The third kappa shape index (κ3) is 4.13. The fourth-order valence-corrected chi connectivity index (χ4v) is 2.79. The first-order valence-corrected chi connectivity index (χ1v) is 7.46. The van der Waals surface area contributed by atoms with E-state index in [1.807, 2.05) is 6.20 Å². The zero-order valence-electron chi connectivity index (χ0n) is 12.4. The molecule has 0 aliphatic carbocycles. The second kappa shape index (κ2) is 8.30. The van der Waals surface area contributed by atoms with E-state index in [1.165, 1.54) is 31.2 Å². The number of hydrogen-bond acceptors (Lipinski definition) is 2. The summed E-state index contributed by atoms with van der Waals surface area (Å²) in [6, 6.07) is 0.454. The summed E-state index contributed by atoms with van der Waals surface area (Å²) in [6.07, 6.45) is 10.5. The van der Waals surface area contributed by atoms with Crippen LogP contribution >= 0.6 is 0 Å². The van der Waals surface area contributed by atoms with Crippen LogP contribution in [-0.2, 0) is 6.54 Å². The molecule has 0 aliphatic rings. The lowest BCUT2D eigenvalue weighted by atomic mass is 9.87. The number of rotatable bonds is 9. The van der Waals surface area contributed by atoms with E-state index in [0.717, 1.165) is 18.9 Å². The number of nitrogens with zero attached hydrogens (tertiary/aromatic N) is 2. The van der Waals surface area contributed by atoms with Crippen molar-refractivity contribution in [1.29, 1.82) is 0 Å². The predicted octanol–water partition coefficient (Wildman–Crippen LogP) is 3.77. The highest BCUT2D eigenvalue weighted by molar-refractivity contribution is 5.11. The molecule has 1 N–H and O–H groups in total. The van der Waals surface area contributed by atoms with Crippen molar-refractivity contribution in [1.82, 2.24) is 15.1 Å². The Bertz CT molecular complexity index is 313. The van der Waals surface area contributed by atoms with Gasteiger partial charge in [0.15, 0.2) is 0 Å². The van der Waals surface area contributed by atoms with Gasteiger partial charge in [0.25, 0.3) is 0 Å². The van der Waals surface area contributed by atoms with E-state index in [1.54, 1.807) is 0 Å². The third-order valence-corrected chi connectivity index (χ3v) is 3.57. The Labute approximate surface area is 112 Å². The van der Waals surface area contributed by atoms with Gasteiger partial charge in [-0.25, -0.2) is 0 Å². The van der Waals surface area contributed by atoms with E-state index in [4.69, 9.17) is 0 Å². The van der Waals surface area contributed by atoms with E-state index in [-0.39, 0.29) is 0 Å². The summed E-state index contributed by atoms with van der Waals surface area (Å²) in [5.74, 6) is 0.726. The molecule has 1 atom stereocenters.